The van der Waals surface area contributed by atoms with E-state index < -0.39 is 0 Å². The lowest BCUT2D eigenvalue weighted by Gasteiger charge is -2.08. The highest BCUT2D eigenvalue weighted by Gasteiger charge is 2.04. The van der Waals surface area contributed by atoms with E-state index in [0.717, 1.165) is 16.7 Å². The fraction of sp³-hybridized carbons (Fsp3) is 0.188. The van der Waals surface area contributed by atoms with E-state index in [1.165, 1.54) is 0 Å². The lowest BCUT2D eigenvalue weighted by atomic mass is 10.1. The van der Waals surface area contributed by atoms with Crippen LogP contribution in [0.3, 0.4) is 0 Å². The van der Waals surface area contributed by atoms with Crippen LogP contribution in [0.15, 0.2) is 47.8 Å². The van der Waals surface area contributed by atoms with Crippen molar-refractivity contribution in [1.82, 2.24) is 10.4 Å². The van der Waals surface area contributed by atoms with Crippen LogP contribution in [0.2, 0.25) is 0 Å². The second kappa shape index (κ2) is 7.19. The number of hydrogen-bond acceptors (Lipinski definition) is 4. The minimum Gasteiger partial charge on any atom is -0.483 e. The maximum Gasteiger partial charge on any atom is 0.277 e. The second-order valence-corrected chi connectivity index (χ2v) is 4.63. The molecule has 1 aromatic heterocycles. The van der Waals surface area contributed by atoms with Crippen molar-refractivity contribution in [1.29, 1.82) is 0 Å². The van der Waals surface area contributed by atoms with Crippen LogP contribution in [0.25, 0.3) is 0 Å². The number of nitrogens with one attached hydrogen (secondary N) is 1. The highest BCUT2D eigenvalue weighted by Crippen LogP contribution is 2.18. The summed E-state index contributed by atoms with van der Waals surface area (Å²) in [6.45, 7) is 3.84. The maximum absolute atomic E-state index is 11.6. The normalized spacial score (nSPS) is 10.6. The highest BCUT2D eigenvalue weighted by atomic mass is 16.5. The Morgan fingerprint density at radius 2 is 2.05 bits per heavy atom. The minimum absolute atomic E-state index is 0.0714. The van der Waals surface area contributed by atoms with Crippen molar-refractivity contribution in [2.75, 3.05) is 6.61 Å². The average molecular weight is 283 g/mol. The molecule has 0 aliphatic rings. The van der Waals surface area contributed by atoms with Gasteiger partial charge in [0.05, 0.1) is 6.21 Å². The minimum atomic E-state index is -0.304. The summed E-state index contributed by atoms with van der Waals surface area (Å²) in [6, 6.07) is 9.46. The molecule has 1 N–H and O–H groups in total. The number of hydrazone groups is 1. The number of benzene rings is 1. The number of rotatable bonds is 5. The van der Waals surface area contributed by atoms with E-state index in [1.807, 2.05) is 32.0 Å². The molecule has 1 amide bonds. The van der Waals surface area contributed by atoms with Crippen LogP contribution in [0.1, 0.15) is 16.7 Å². The zero-order valence-corrected chi connectivity index (χ0v) is 12.0. The van der Waals surface area contributed by atoms with Gasteiger partial charge in [0.2, 0.25) is 0 Å². The first kappa shape index (κ1) is 14.7. The number of aryl methyl sites for hydroxylation is 2. The van der Waals surface area contributed by atoms with Gasteiger partial charge < -0.3 is 4.74 Å². The van der Waals surface area contributed by atoms with E-state index in [1.54, 1.807) is 30.7 Å². The summed E-state index contributed by atoms with van der Waals surface area (Å²) in [5, 5.41) is 3.86. The molecule has 0 saturated heterocycles. The lowest BCUT2D eigenvalue weighted by molar-refractivity contribution is -0.123. The maximum atomic E-state index is 11.6. The molecule has 0 fully saturated rings. The molecule has 1 heterocycles. The molecule has 0 bridgehead atoms. The second-order valence-electron chi connectivity index (χ2n) is 4.63. The molecule has 5 heteroatoms. The van der Waals surface area contributed by atoms with E-state index in [-0.39, 0.29) is 12.5 Å². The fourth-order valence-electron chi connectivity index (χ4n) is 1.67. The summed E-state index contributed by atoms with van der Waals surface area (Å²) in [6.07, 6.45) is 4.87. The molecule has 21 heavy (non-hydrogen) atoms. The molecule has 108 valence electrons. The van der Waals surface area contributed by atoms with Gasteiger partial charge in [-0.15, -0.1) is 0 Å². The van der Waals surface area contributed by atoms with Gasteiger partial charge in [-0.05, 0) is 48.7 Å². The standard InChI is InChI=1S/C16H17N3O2/c1-12-3-4-13(2)15(9-12)21-11-16(20)19-18-10-14-5-7-17-8-6-14/h3-10H,11H2,1-2H3,(H,19,20)/b18-10+. The molecule has 0 unspecified atom stereocenters. The van der Waals surface area contributed by atoms with Crippen LogP contribution in [-0.2, 0) is 4.79 Å². The zero-order valence-electron chi connectivity index (χ0n) is 12.0. The number of nitrogens with zero attached hydrogens (tertiary/aromatic N) is 2. The molecule has 0 radical (unpaired) electrons. The summed E-state index contributed by atoms with van der Waals surface area (Å²) in [5.74, 6) is 0.407. The smallest absolute Gasteiger partial charge is 0.277 e. The van der Waals surface area contributed by atoms with Gasteiger partial charge in [0.15, 0.2) is 6.61 Å². The Labute approximate surface area is 123 Å². The van der Waals surface area contributed by atoms with Gasteiger partial charge >= 0.3 is 0 Å². The zero-order chi connectivity index (χ0) is 15.1. The molecule has 0 atom stereocenters. The first-order valence-corrected chi connectivity index (χ1v) is 6.57. The number of aromatic nitrogens is 1. The Balaban J connectivity index is 1.82. The Morgan fingerprint density at radius 1 is 1.29 bits per heavy atom. The van der Waals surface area contributed by atoms with Crippen molar-refractivity contribution in [3.05, 3.63) is 59.4 Å². The number of carbonyl (C=O) groups is 1. The Bertz CT molecular complexity index is 639. The van der Waals surface area contributed by atoms with Crippen molar-refractivity contribution in [2.24, 2.45) is 5.10 Å². The highest BCUT2D eigenvalue weighted by molar-refractivity contribution is 5.82. The molecule has 0 spiro atoms. The third-order valence-corrected chi connectivity index (χ3v) is 2.81. The molecule has 5 nitrogen and oxygen atoms in total. The number of amides is 1. The van der Waals surface area contributed by atoms with Crippen LogP contribution in [-0.4, -0.2) is 23.7 Å². The van der Waals surface area contributed by atoms with Crippen LogP contribution in [0.4, 0.5) is 0 Å². The van der Waals surface area contributed by atoms with E-state index >= 15 is 0 Å². The van der Waals surface area contributed by atoms with Gasteiger partial charge in [-0.25, -0.2) is 5.43 Å². The van der Waals surface area contributed by atoms with Crippen LogP contribution in [0.5, 0.6) is 5.75 Å². The summed E-state index contributed by atoms with van der Waals surface area (Å²) >= 11 is 0. The number of carbonyl (C=O) groups excluding carboxylic acids is 1. The molecule has 0 aliphatic heterocycles. The van der Waals surface area contributed by atoms with E-state index in [0.29, 0.717) is 5.75 Å². The van der Waals surface area contributed by atoms with E-state index in [2.05, 4.69) is 15.5 Å². The number of pyridine rings is 1. The Kier molecular flexibility index (Phi) is 5.04. The molecule has 2 aromatic rings. The summed E-state index contributed by atoms with van der Waals surface area (Å²) in [5.41, 5.74) is 5.37. The Morgan fingerprint density at radius 3 is 2.81 bits per heavy atom. The Hall–Kier alpha value is -2.69. The first-order valence-electron chi connectivity index (χ1n) is 6.57. The summed E-state index contributed by atoms with van der Waals surface area (Å²) in [4.78, 5) is 15.5. The topological polar surface area (TPSA) is 63.6 Å². The fourth-order valence-corrected chi connectivity index (χ4v) is 1.67. The molecular weight excluding hydrogens is 266 g/mol. The third kappa shape index (κ3) is 4.72. The molecule has 0 saturated carbocycles. The quantitative estimate of drug-likeness (QED) is 0.676. The largest absolute Gasteiger partial charge is 0.483 e. The van der Waals surface area contributed by atoms with Gasteiger partial charge in [0.25, 0.3) is 5.91 Å². The van der Waals surface area contributed by atoms with Crippen molar-refractivity contribution >= 4 is 12.1 Å². The third-order valence-electron chi connectivity index (χ3n) is 2.81. The van der Waals surface area contributed by atoms with Gasteiger partial charge in [0.1, 0.15) is 5.75 Å². The van der Waals surface area contributed by atoms with Crippen molar-refractivity contribution in [2.45, 2.75) is 13.8 Å². The first-order chi connectivity index (χ1) is 10.1. The van der Waals surface area contributed by atoms with E-state index in [4.69, 9.17) is 4.74 Å². The van der Waals surface area contributed by atoms with Gasteiger partial charge in [-0.3, -0.25) is 9.78 Å². The molecule has 2 rings (SSSR count). The predicted octanol–water partition coefficient (Wildman–Crippen LogP) is 2.23. The number of hydrogen-bond donors (Lipinski definition) is 1. The van der Waals surface area contributed by atoms with E-state index in [9.17, 15) is 4.79 Å². The summed E-state index contributed by atoms with van der Waals surface area (Å²) in [7, 11) is 0. The van der Waals surface area contributed by atoms with Gasteiger partial charge in [-0.2, -0.15) is 5.10 Å². The lowest BCUT2D eigenvalue weighted by Crippen LogP contribution is -2.24. The van der Waals surface area contributed by atoms with Crippen LogP contribution < -0.4 is 10.2 Å². The summed E-state index contributed by atoms with van der Waals surface area (Å²) < 4.78 is 5.49. The van der Waals surface area contributed by atoms with Crippen LogP contribution >= 0.6 is 0 Å². The molecular formula is C16H17N3O2. The van der Waals surface area contributed by atoms with Crippen molar-refractivity contribution in [3.63, 3.8) is 0 Å². The SMILES string of the molecule is Cc1ccc(C)c(OCC(=O)N/N=C/c2ccncc2)c1. The van der Waals surface area contributed by atoms with Gasteiger partial charge in [0, 0.05) is 12.4 Å². The monoisotopic (exact) mass is 283 g/mol. The average Bonchev–Trinajstić information content (AvgIpc) is 2.49. The van der Waals surface area contributed by atoms with Crippen molar-refractivity contribution < 1.29 is 9.53 Å². The molecule has 1 aromatic carbocycles. The van der Waals surface area contributed by atoms with Crippen molar-refractivity contribution in [3.8, 4) is 5.75 Å². The number of ether oxygens (including phenoxy) is 1. The van der Waals surface area contributed by atoms with Gasteiger partial charge in [-0.1, -0.05) is 12.1 Å². The van der Waals surface area contributed by atoms with Crippen LogP contribution in [0, 0.1) is 13.8 Å². The molecule has 0 aliphatic carbocycles. The predicted molar refractivity (Wildman–Crippen MR) is 81.4 cm³/mol.